The SMILES string of the molecule is C=CCC1c2ccccc2N2c3cncnc3N(C)C2C1C. The number of benzene rings is 1. The van der Waals surface area contributed by atoms with E-state index in [9.17, 15) is 0 Å². The molecule has 2 aliphatic heterocycles. The fourth-order valence-corrected chi connectivity index (χ4v) is 4.09. The summed E-state index contributed by atoms with van der Waals surface area (Å²) in [5.74, 6) is 1.98. The highest BCUT2D eigenvalue weighted by atomic mass is 15.4. The van der Waals surface area contributed by atoms with Crippen LogP contribution in [-0.4, -0.2) is 23.2 Å². The Morgan fingerprint density at radius 3 is 2.91 bits per heavy atom. The highest BCUT2D eigenvalue weighted by molar-refractivity contribution is 5.83. The highest BCUT2D eigenvalue weighted by Crippen LogP contribution is 2.53. The zero-order valence-corrected chi connectivity index (χ0v) is 13.0. The summed E-state index contributed by atoms with van der Waals surface area (Å²) in [6.07, 6.45) is 6.88. The Bertz CT molecular complexity index is 727. The maximum Gasteiger partial charge on any atom is 0.157 e. The van der Waals surface area contributed by atoms with Gasteiger partial charge in [0.1, 0.15) is 18.2 Å². The van der Waals surface area contributed by atoms with Crippen molar-refractivity contribution in [2.24, 2.45) is 5.92 Å². The number of allylic oxidation sites excluding steroid dienone is 1. The third-order valence-electron chi connectivity index (χ3n) is 5.05. The van der Waals surface area contributed by atoms with Gasteiger partial charge in [0, 0.05) is 18.7 Å². The van der Waals surface area contributed by atoms with Crippen LogP contribution in [0.25, 0.3) is 0 Å². The lowest BCUT2D eigenvalue weighted by molar-refractivity contribution is 0.363. The first kappa shape index (κ1) is 13.3. The normalized spacial score (nSPS) is 25.5. The number of hydrogen-bond donors (Lipinski definition) is 0. The van der Waals surface area contributed by atoms with Gasteiger partial charge in [-0.3, -0.25) is 0 Å². The highest BCUT2D eigenvalue weighted by Gasteiger charge is 2.46. The minimum atomic E-state index is 0.284. The quantitative estimate of drug-likeness (QED) is 0.790. The largest absolute Gasteiger partial charge is 0.337 e. The molecule has 0 fully saturated rings. The molecule has 0 saturated carbocycles. The molecule has 0 N–H and O–H groups in total. The van der Waals surface area contributed by atoms with E-state index in [0.717, 1.165) is 17.9 Å². The van der Waals surface area contributed by atoms with Gasteiger partial charge in [-0.25, -0.2) is 9.97 Å². The van der Waals surface area contributed by atoms with Crippen LogP contribution in [0.3, 0.4) is 0 Å². The molecule has 0 aliphatic carbocycles. The summed E-state index contributed by atoms with van der Waals surface area (Å²) < 4.78 is 0. The molecule has 0 radical (unpaired) electrons. The Hall–Kier alpha value is -2.36. The van der Waals surface area contributed by atoms with Gasteiger partial charge < -0.3 is 9.80 Å². The van der Waals surface area contributed by atoms with Gasteiger partial charge in [-0.2, -0.15) is 0 Å². The lowest BCUT2D eigenvalue weighted by Crippen LogP contribution is -2.48. The molecule has 4 rings (SSSR count). The average molecular weight is 292 g/mol. The first-order valence-electron chi connectivity index (χ1n) is 7.76. The van der Waals surface area contributed by atoms with E-state index in [1.807, 2.05) is 12.3 Å². The number of rotatable bonds is 2. The zero-order chi connectivity index (χ0) is 15.3. The summed E-state index contributed by atoms with van der Waals surface area (Å²) in [5.41, 5.74) is 3.78. The second-order valence-corrected chi connectivity index (χ2v) is 6.17. The molecule has 0 bridgehead atoms. The van der Waals surface area contributed by atoms with E-state index in [4.69, 9.17) is 0 Å². The summed E-state index contributed by atoms with van der Waals surface area (Å²) in [4.78, 5) is 13.4. The standard InChI is InChI=1S/C18H20N4/c1-4-7-13-12(2)18-21(3)17-16(10-19-11-20-17)22(18)15-9-6-5-8-14(13)15/h4-6,8-13,18H,1,7H2,2-3H3. The molecule has 22 heavy (non-hydrogen) atoms. The first-order chi connectivity index (χ1) is 10.7. The van der Waals surface area contributed by atoms with E-state index in [1.54, 1.807) is 6.33 Å². The Balaban J connectivity index is 1.94. The van der Waals surface area contributed by atoms with Gasteiger partial charge in [0.2, 0.25) is 0 Å². The molecule has 1 aromatic carbocycles. The average Bonchev–Trinajstić information content (AvgIpc) is 2.85. The van der Waals surface area contributed by atoms with Crippen molar-refractivity contribution in [1.29, 1.82) is 0 Å². The molecule has 1 aromatic heterocycles. The molecular formula is C18H20N4. The van der Waals surface area contributed by atoms with Crippen molar-refractivity contribution in [3.8, 4) is 0 Å². The number of fused-ring (bicyclic) bond motifs is 5. The summed E-state index contributed by atoms with van der Waals surface area (Å²) in [5, 5.41) is 0. The summed E-state index contributed by atoms with van der Waals surface area (Å²) >= 11 is 0. The maximum atomic E-state index is 4.50. The second kappa shape index (κ2) is 4.83. The minimum absolute atomic E-state index is 0.284. The zero-order valence-electron chi connectivity index (χ0n) is 13.0. The van der Waals surface area contributed by atoms with Crippen molar-refractivity contribution in [1.82, 2.24) is 9.97 Å². The van der Waals surface area contributed by atoms with Crippen LogP contribution < -0.4 is 9.80 Å². The summed E-state index contributed by atoms with van der Waals surface area (Å²) in [7, 11) is 2.13. The molecular weight excluding hydrogens is 272 g/mol. The van der Waals surface area contributed by atoms with E-state index in [-0.39, 0.29) is 6.17 Å². The van der Waals surface area contributed by atoms with Crippen molar-refractivity contribution in [3.05, 3.63) is 55.0 Å². The van der Waals surface area contributed by atoms with Gasteiger partial charge in [0.25, 0.3) is 0 Å². The van der Waals surface area contributed by atoms with Gasteiger partial charge >= 0.3 is 0 Å². The molecule has 4 heteroatoms. The molecule has 3 atom stereocenters. The number of para-hydroxylation sites is 1. The third-order valence-corrected chi connectivity index (χ3v) is 5.05. The van der Waals surface area contributed by atoms with Gasteiger partial charge in [0.15, 0.2) is 5.82 Å². The molecule has 0 amide bonds. The molecule has 2 aliphatic rings. The number of anilines is 3. The van der Waals surface area contributed by atoms with Crippen molar-refractivity contribution in [3.63, 3.8) is 0 Å². The van der Waals surface area contributed by atoms with E-state index in [2.05, 4.69) is 64.6 Å². The molecule has 4 nitrogen and oxygen atoms in total. The Morgan fingerprint density at radius 2 is 2.09 bits per heavy atom. The predicted octanol–water partition coefficient (Wildman–Crippen LogP) is 3.70. The maximum absolute atomic E-state index is 4.50. The van der Waals surface area contributed by atoms with E-state index >= 15 is 0 Å². The fourth-order valence-electron chi connectivity index (χ4n) is 4.09. The van der Waals surface area contributed by atoms with Crippen molar-refractivity contribution >= 4 is 17.2 Å². The van der Waals surface area contributed by atoms with E-state index < -0.39 is 0 Å². The van der Waals surface area contributed by atoms with Gasteiger partial charge in [-0.05, 0) is 24.0 Å². The number of aromatic nitrogens is 2. The van der Waals surface area contributed by atoms with Gasteiger partial charge in [-0.1, -0.05) is 31.2 Å². The molecule has 3 heterocycles. The van der Waals surface area contributed by atoms with Crippen molar-refractivity contribution < 1.29 is 0 Å². The van der Waals surface area contributed by atoms with Crippen LogP contribution in [0.5, 0.6) is 0 Å². The topological polar surface area (TPSA) is 32.3 Å². The van der Waals surface area contributed by atoms with Gasteiger partial charge in [-0.15, -0.1) is 6.58 Å². The van der Waals surface area contributed by atoms with Crippen molar-refractivity contribution in [2.75, 3.05) is 16.8 Å². The Labute approximate surface area is 131 Å². The molecule has 3 unspecified atom stereocenters. The predicted molar refractivity (Wildman–Crippen MR) is 89.5 cm³/mol. The van der Waals surface area contributed by atoms with Crippen LogP contribution in [0.15, 0.2) is 49.4 Å². The molecule has 2 aromatic rings. The minimum Gasteiger partial charge on any atom is -0.337 e. The Morgan fingerprint density at radius 1 is 1.27 bits per heavy atom. The second-order valence-electron chi connectivity index (χ2n) is 6.17. The van der Waals surface area contributed by atoms with Crippen LogP contribution in [0.4, 0.5) is 17.2 Å². The van der Waals surface area contributed by atoms with Crippen LogP contribution in [0.2, 0.25) is 0 Å². The molecule has 112 valence electrons. The lowest BCUT2D eigenvalue weighted by Gasteiger charge is -2.44. The number of hydrogen-bond acceptors (Lipinski definition) is 4. The van der Waals surface area contributed by atoms with Crippen LogP contribution >= 0.6 is 0 Å². The van der Waals surface area contributed by atoms with Crippen molar-refractivity contribution in [2.45, 2.75) is 25.4 Å². The first-order valence-corrected chi connectivity index (χ1v) is 7.76. The molecule has 0 spiro atoms. The van der Waals surface area contributed by atoms with Crippen LogP contribution in [0.1, 0.15) is 24.8 Å². The number of nitrogens with zero attached hydrogens (tertiary/aromatic N) is 4. The smallest absolute Gasteiger partial charge is 0.157 e. The fraction of sp³-hybridized carbons (Fsp3) is 0.333. The van der Waals surface area contributed by atoms with E-state index in [0.29, 0.717) is 11.8 Å². The summed E-state index contributed by atoms with van der Waals surface area (Å²) in [6.45, 7) is 6.29. The summed E-state index contributed by atoms with van der Waals surface area (Å²) in [6, 6.07) is 8.70. The van der Waals surface area contributed by atoms with Gasteiger partial charge in [0.05, 0.1) is 6.20 Å². The lowest BCUT2D eigenvalue weighted by atomic mass is 9.78. The van der Waals surface area contributed by atoms with Crippen LogP contribution in [-0.2, 0) is 0 Å². The molecule has 0 saturated heterocycles. The monoisotopic (exact) mass is 292 g/mol. The van der Waals surface area contributed by atoms with Crippen LogP contribution in [0, 0.1) is 5.92 Å². The van der Waals surface area contributed by atoms with E-state index in [1.165, 1.54) is 11.3 Å². The third kappa shape index (κ3) is 1.64. The Kier molecular flexibility index (Phi) is 2.93.